The normalized spacial score (nSPS) is 11.3. The summed E-state index contributed by atoms with van der Waals surface area (Å²) in [5.74, 6) is 0. The molecule has 0 spiro atoms. The highest BCUT2D eigenvalue weighted by molar-refractivity contribution is 6.33. The van der Waals surface area contributed by atoms with Gasteiger partial charge in [0.2, 0.25) is 0 Å². The van der Waals surface area contributed by atoms with Gasteiger partial charge in [0.1, 0.15) is 0 Å². The second-order valence-electron chi connectivity index (χ2n) is 5.51. The van der Waals surface area contributed by atoms with Crippen LogP contribution < -0.4 is 22.2 Å². The fraction of sp³-hybridized carbons (Fsp3) is 0. The molecule has 8 nitrogen and oxygen atoms in total. The minimum absolute atomic E-state index is 0.101. The van der Waals surface area contributed by atoms with Crippen LogP contribution in [0.25, 0.3) is 27.8 Å². The first-order valence-corrected chi connectivity index (χ1v) is 8.01. The third-order valence-electron chi connectivity index (χ3n) is 3.88. The topological polar surface area (TPSA) is 121 Å². The van der Waals surface area contributed by atoms with Crippen LogP contribution in [0.2, 0.25) is 10.0 Å². The Bertz CT molecular complexity index is 1450. The maximum Gasteiger partial charge on any atom is 0.321 e. The van der Waals surface area contributed by atoms with Gasteiger partial charge in [-0.1, -0.05) is 23.2 Å². The number of hydrogen-bond acceptors (Lipinski definition) is 4. The molecular formula is C16H8Cl2N4O4. The van der Waals surface area contributed by atoms with Crippen LogP contribution in [0.3, 0.4) is 0 Å². The van der Waals surface area contributed by atoms with E-state index in [-0.39, 0.29) is 21.7 Å². The van der Waals surface area contributed by atoms with Gasteiger partial charge in [0, 0.05) is 5.02 Å². The number of benzene rings is 2. The molecule has 0 bridgehead atoms. The van der Waals surface area contributed by atoms with Crippen LogP contribution in [0.15, 0.2) is 49.5 Å². The summed E-state index contributed by atoms with van der Waals surface area (Å²) >= 11 is 12.2. The molecule has 0 saturated heterocycles. The predicted molar refractivity (Wildman–Crippen MR) is 98.9 cm³/mol. The predicted octanol–water partition coefficient (Wildman–Crippen LogP) is 1.52. The molecule has 0 atom stereocenters. The summed E-state index contributed by atoms with van der Waals surface area (Å²) in [6, 6.07) is 7.42. The lowest BCUT2D eigenvalue weighted by Crippen LogP contribution is -2.35. The SMILES string of the molecule is O=c1[nH]c2cc(Cl)c(-n3c(=O)c(=O)[nH]c4cc(Cl)ccc43)cc2[nH]c1=O. The van der Waals surface area contributed by atoms with Crippen molar-refractivity contribution in [3.8, 4) is 5.69 Å². The summed E-state index contributed by atoms with van der Waals surface area (Å²) in [5.41, 5.74) is -1.96. The van der Waals surface area contributed by atoms with Crippen molar-refractivity contribution in [1.29, 1.82) is 0 Å². The van der Waals surface area contributed by atoms with Gasteiger partial charge in [0.15, 0.2) is 0 Å². The zero-order valence-corrected chi connectivity index (χ0v) is 14.2. The number of nitrogens with one attached hydrogen (secondary N) is 3. The van der Waals surface area contributed by atoms with Gasteiger partial charge in [-0.15, -0.1) is 0 Å². The number of fused-ring (bicyclic) bond motifs is 2. The molecule has 0 amide bonds. The number of hydrogen-bond donors (Lipinski definition) is 3. The molecule has 0 fully saturated rings. The maximum atomic E-state index is 12.5. The molecule has 3 N–H and O–H groups in total. The van der Waals surface area contributed by atoms with E-state index >= 15 is 0 Å². The first-order valence-electron chi connectivity index (χ1n) is 7.26. The zero-order valence-electron chi connectivity index (χ0n) is 12.7. The fourth-order valence-corrected chi connectivity index (χ4v) is 3.15. The summed E-state index contributed by atoms with van der Waals surface area (Å²) in [7, 11) is 0. The first kappa shape index (κ1) is 16.4. The Hall–Kier alpha value is -3.10. The number of rotatable bonds is 1. The molecule has 0 aliphatic rings. The largest absolute Gasteiger partial charge is 0.321 e. The Morgan fingerprint density at radius 3 is 2.04 bits per heavy atom. The Balaban J connectivity index is 2.18. The van der Waals surface area contributed by atoms with Crippen LogP contribution in [0.1, 0.15) is 0 Å². The van der Waals surface area contributed by atoms with E-state index in [2.05, 4.69) is 15.0 Å². The van der Waals surface area contributed by atoms with Crippen LogP contribution in [0, 0.1) is 0 Å². The Labute approximate surface area is 152 Å². The van der Waals surface area contributed by atoms with Crippen LogP contribution >= 0.6 is 23.2 Å². The third kappa shape index (κ3) is 2.47. The van der Waals surface area contributed by atoms with Gasteiger partial charge in [0.05, 0.1) is 32.8 Å². The summed E-state index contributed by atoms with van der Waals surface area (Å²) in [4.78, 5) is 54.8. The van der Waals surface area contributed by atoms with Crippen molar-refractivity contribution in [3.05, 3.63) is 81.8 Å². The van der Waals surface area contributed by atoms with Crippen molar-refractivity contribution >= 4 is 45.3 Å². The number of aromatic amines is 3. The summed E-state index contributed by atoms with van der Waals surface area (Å²) in [5, 5.41) is 0.481. The van der Waals surface area contributed by atoms with Crippen molar-refractivity contribution in [2.75, 3.05) is 0 Å². The van der Waals surface area contributed by atoms with Crippen molar-refractivity contribution in [3.63, 3.8) is 0 Å². The molecule has 0 saturated carbocycles. The molecule has 2 aromatic carbocycles. The van der Waals surface area contributed by atoms with Crippen molar-refractivity contribution < 1.29 is 0 Å². The van der Waals surface area contributed by atoms with Crippen LogP contribution in [0.5, 0.6) is 0 Å². The van der Waals surface area contributed by atoms with E-state index in [0.29, 0.717) is 16.1 Å². The second kappa shape index (κ2) is 5.72. The number of H-pyrrole nitrogens is 3. The maximum absolute atomic E-state index is 12.5. The van der Waals surface area contributed by atoms with Gasteiger partial charge in [-0.3, -0.25) is 23.7 Å². The van der Waals surface area contributed by atoms with E-state index in [4.69, 9.17) is 23.2 Å². The lowest BCUT2D eigenvalue weighted by molar-refractivity contribution is 0.986. The van der Waals surface area contributed by atoms with E-state index in [9.17, 15) is 19.2 Å². The average molecular weight is 391 g/mol. The molecule has 4 rings (SSSR count). The lowest BCUT2D eigenvalue weighted by atomic mass is 10.2. The van der Waals surface area contributed by atoms with E-state index < -0.39 is 22.2 Å². The molecule has 0 aliphatic carbocycles. The Kier molecular flexibility index (Phi) is 3.60. The highest BCUT2D eigenvalue weighted by Gasteiger charge is 2.14. The Morgan fingerprint density at radius 2 is 1.35 bits per heavy atom. The quantitative estimate of drug-likeness (QED) is 0.426. The average Bonchev–Trinajstić information content (AvgIpc) is 2.58. The van der Waals surface area contributed by atoms with Crippen molar-refractivity contribution in [2.45, 2.75) is 0 Å². The summed E-state index contributed by atoms with van der Waals surface area (Å²) < 4.78 is 1.12. The van der Waals surface area contributed by atoms with Gasteiger partial charge in [-0.2, -0.15) is 0 Å². The third-order valence-corrected chi connectivity index (χ3v) is 4.41. The molecule has 0 unspecified atom stereocenters. The number of nitrogens with zero attached hydrogens (tertiary/aromatic N) is 1. The highest BCUT2D eigenvalue weighted by Crippen LogP contribution is 2.26. The fourth-order valence-electron chi connectivity index (χ4n) is 2.73. The minimum atomic E-state index is -0.856. The van der Waals surface area contributed by atoms with E-state index in [1.54, 1.807) is 12.1 Å². The van der Waals surface area contributed by atoms with E-state index in [1.807, 2.05) is 0 Å². The molecule has 4 aromatic rings. The molecule has 2 heterocycles. The smallest absolute Gasteiger partial charge is 0.316 e. The first-order chi connectivity index (χ1) is 12.3. The van der Waals surface area contributed by atoms with Gasteiger partial charge in [-0.25, -0.2) is 0 Å². The standard InChI is InChI=1S/C16H8Cl2N4O4/c17-6-1-2-11-10(3-6)21-15(25)16(26)22(11)12-5-9-8(4-7(12)18)19-13(23)14(24)20-9/h1-5H,(H,19,23)(H,20,24)(H,21,25). The second-order valence-corrected chi connectivity index (χ2v) is 6.36. The zero-order chi connectivity index (χ0) is 18.6. The number of halogens is 2. The molecule has 130 valence electrons. The molecule has 2 aromatic heterocycles. The van der Waals surface area contributed by atoms with Gasteiger partial charge in [-0.05, 0) is 30.3 Å². The Morgan fingerprint density at radius 1 is 0.731 bits per heavy atom. The van der Waals surface area contributed by atoms with Gasteiger partial charge < -0.3 is 15.0 Å². The van der Waals surface area contributed by atoms with Crippen LogP contribution in [-0.4, -0.2) is 19.5 Å². The van der Waals surface area contributed by atoms with Gasteiger partial charge >= 0.3 is 22.2 Å². The molecule has 0 radical (unpaired) electrons. The van der Waals surface area contributed by atoms with Crippen LogP contribution in [0.4, 0.5) is 0 Å². The molecule has 10 heteroatoms. The number of aromatic nitrogens is 4. The van der Waals surface area contributed by atoms with Crippen LogP contribution in [-0.2, 0) is 0 Å². The van der Waals surface area contributed by atoms with Crippen molar-refractivity contribution in [2.24, 2.45) is 0 Å². The summed E-state index contributed by atoms with van der Waals surface area (Å²) in [6.45, 7) is 0. The van der Waals surface area contributed by atoms with Crippen molar-refractivity contribution in [1.82, 2.24) is 19.5 Å². The lowest BCUT2D eigenvalue weighted by Gasteiger charge is -2.12. The molecule has 0 aliphatic heterocycles. The van der Waals surface area contributed by atoms with E-state index in [1.165, 1.54) is 18.2 Å². The minimum Gasteiger partial charge on any atom is -0.316 e. The molecular weight excluding hydrogens is 383 g/mol. The van der Waals surface area contributed by atoms with Gasteiger partial charge in [0.25, 0.3) is 0 Å². The summed E-state index contributed by atoms with van der Waals surface area (Å²) in [6.07, 6.45) is 0. The van der Waals surface area contributed by atoms with E-state index in [0.717, 1.165) is 4.57 Å². The monoisotopic (exact) mass is 390 g/mol. The molecule has 26 heavy (non-hydrogen) atoms. The highest BCUT2D eigenvalue weighted by atomic mass is 35.5.